The van der Waals surface area contributed by atoms with Crippen LogP contribution in [0, 0.1) is 12.7 Å². The Morgan fingerprint density at radius 3 is 2.79 bits per heavy atom. The summed E-state index contributed by atoms with van der Waals surface area (Å²) in [5.41, 5.74) is 1.13. The molecule has 0 heterocycles. The molecule has 0 aliphatic rings. The summed E-state index contributed by atoms with van der Waals surface area (Å²) >= 11 is 3.06. The van der Waals surface area contributed by atoms with Crippen LogP contribution < -0.4 is 0 Å². The van der Waals surface area contributed by atoms with Gasteiger partial charge in [-0.05, 0) is 34.5 Å². The second-order valence-electron chi connectivity index (χ2n) is 2.91. The summed E-state index contributed by atoms with van der Waals surface area (Å²) in [6.07, 6.45) is -0.0341. The van der Waals surface area contributed by atoms with Gasteiger partial charge in [-0.2, -0.15) is 0 Å². The van der Waals surface area contributed by atoms with Crippen LogP contribution in [0.3, 0.4) is 0 Å². The molecule has 0 aliphatic carbocycles. The predicted molar refractivity (Wildman–Crippen MR) is 54.6 cm³/mol. The van der Waals surface area contributed by atoms with Crippen molar-refractivity contribution < 1.29 is 13.9 Å². The van der Waals surface area contributed by atoms with E-state index in [0.29, 0.717) is 10.0 Å². The summed E-state index contributed by atoms with van der Waals surface area (Å²) in [4.78, 5) is 11.0. The van der Waals surface area contributed by atoms with E-state index in [1.165, 1.54) is 7.11 Å². The monoisotopic (exact) mass is 260 g/mol. The smallest absolute Gasteiger partial charge is 0.310 e. The van der Waals surface area contributed by atoms with Gasteiger partial charge in [0.15, 0.2) is 0 Å². The summed E-state index contributed by atoms with van der Waals surface area (Å²) < 4.78 is 18.4. The number of ether oxygens (including phenoxy) is 1. The highest BCUT2D eigenvalue weighted by Crippen LogP contribution is 2.22. The molecule has 0 unspecified atom stereocenters. The van der Waals surface area contributed by atoms with Crippen LogP contribution in [0.4, 0.5) is 4.39 Å². The maximum Gasteiger partial charge on any atom is 0.310 e. The van der Waals surface area contributed by atoms with E-state index in [4.69, 9.17) is 0 Å². The molecule has 0 fully saturated rings. The Balaban J connectivity index is 3.06. The molecule has 0 aromatic heterocycles. The number of methoxy groups -OCH3 is 1. The van der Waals surface area contributed by atoms with E-state index < -0.39 is 11.8 Å². The molecule has 0 saturated carbocycles. The summed E-state index contributed by atoms with van der Waals surface area (Å²) in [5, 5.41) is 0. The third kappa shape index (κ3) is 2.32. The molecule has 0 atom stereocenters. The summed E-state index contributed by atoms with van der Waals surface area (Å²) in [5.74, 6) is -0.833. The van der Waals surface area contributed by atoms with Gasteiger partial charge in [0, 0.05) is 5.56 Å². The maximum atomic E-state index is 13.5. The topological polar surface area (TPSA) is 26.3 Å². The Morgan fingerprint density at radius 1 is 1.57 bits per heavy atom. The number of aryl methyl sites for hydroxylation is 1. The largest absolute Gasteiger partial charge is 0.469 e. The van der Waals surface area contributed by atoms with E-state index in [0.717, 1.165) is 5.56 Å². The van der Waals surface area contributed by atoms with Gasteiger partial charge in [0.05, 0.1) is 18.0 Å². The van der Waals surface area contributed by atoms with E-state index in [9.17, 15) is 9.18 Å². The lowest BCUT2D eigenvalue weighted by molar-refractivity contribution is -0.139. The first kappa shape index (κ1) is 11.2. The van der Waals surface area contributed by atoms with Crippen LogP contribution in [0.5, 0.6) is 0 Å². The van der Waals surface area contributed by atoms with Gasteiger partial charge in [0.2, 0.25) is 0 Å². The predicted octanol–water partition coefficient (Wildman–Crippen LogP) is 2.61. The van der Waals surface area contributed by atoms with Crippen LogP contribution in [0.25, 0.3) is 0 Å². The van der Waals surface area contributed by atoms with Crippen molar-refractivity contribution in [3.05, 3.63) is 33.5 Å². The van der Waals surface area contributed by atoms with E-state index in [1.54, 1.807) is 19.1 Å². The quantitative estimate of drug-likeness (QED) is 0.765. The minimum atomic E-state index is -0.440. The molecule has 0 bridgehead atoms. The van der Waals surface area contributed by atoms with Gasteiger partial charge >= 0.3 is 5.97 Å². The molecule has 0 saturated heterocycles. The van der Waals surface area contributed by atoms with Gasteiger partial charge in [0.25, 0.3) is 0 Å². The van der Waals surface area contributed by atoms with Crippen LogP contribution >= 0.6 is 15.9 Å². The van der Waals surface area contributed by atoms with Gasteiger partial charge in [0.1, 0.15) is 5.82 Å². The number of hydrogen-bond donors (Lipinski definition) is 0. The second kappa shape index (κ2) is 4.55. The zero-order valence-electron chi connectivity index (χ0n) is 7.93. The lowest BCUT2D eigenvalue weighted by Gasteiger charge is -2.07. The first-order chi connectivity index (χ1) is 6.56. The molecule has 4 heteroatoms. The van der Waals surface area contributed by atoms with Crippen LogP contribution in [0.15, 0.2) is 16.6 Å². The van der Waals surface area contributed by atoms with Crippen molar-refractivity contribution in [1.29, 1.82) is 0 Å². The Morgan fingerprint density at radius 2 is 2.21 bits per heavy atom. The molecular formula is C10H10BrFO2. The van der Waals surface area contributed by atoms with Crippen molar-refractivity contribution in [3.63, 3.8) is 0 Å². The van der Waals surface area contributed by atoms with E-state index in [2.05, 4.69) is 20.7 Å². The van der Waals surface area contributed by atoms with Gasteiger partial charge < -0.3 is 4.74 Å². The SMILES string of the molecule is COC(=O)Cc1c(C)ccc(Br)c1F. The van der Waals surface area contributed by atoms with Crippen LogP contribution in [-0.4, -0.2) is 13.1 Å². The number of esters is 1. The Hall–Kier alpha value is -0.900. The molecule has 14 heavy (non-hydrogen) atoms. The Labute approximate surface area is 90.2 Å². The fourth-order valence-electron chi connectivity index (χ4n) is 1.12. The van der Waals surface area contributed by atoms with E-state index >= 15 is 0 Å². The average Bonchev–Trinajstić information content (AvgIpc) is 2.18. The van der Waals surface area contributed by atoms with Gasteiger partial charge in [-0.25, -0.2) is 4.39 Å². The highest BCUT2D eigenvalue weighted by atomic mass is 79.9. The minimum absolute atomic E-state index is 0.0341. The zero-order valence-corrected chi connectivity index (χ0v) is 9.52. The fraction of sp³-hybridized carbons (Fsp3) is 0.300. The van der Waals surface area contributed by atoms with Crippen molar-refractivity contribution in [3.8, 4) is 0 Å². The lowest BCUT2D eigenvalue weighted by Crippen LogP contribution is -2.08. The zero-order chi connectivity index (χ0) is 10.7. The fourth-order valence-corrected chi connectivity index (χ4v) is 1.49. The Kier molecular flexibility index (Phi) is 3.63. The molecule has 2 nitrogen and oxygen atoms in total. The third-order valence-electron chi connectivity index (χ3n) is 1.98. The highest BCUT2D eigenvalue weighted by Gasteiger charge is 2.13. The van der Waals surface area contributed by atoms with Gasteiger partial charge in [-0.1, -0.05) is 6.07 Å². The second-order valence-corrected chi connectivity index (χ2v) is 3.76. The van der Waals surface area contributed by atoms with Crippen molar-refractivity contribution in [2.24, 2.45) is 0 Å². The van der Waals surface area contributed by atoms with Crippen molar-refractivity contribution >= 4 is 21.9 Å². The first-order valence-corrected chi connectivity index (χ1v) is 4.86. The van der Waals surface area contributed by atoms with Crippen LogP contribution in [0.2, 0.25) is 0 Å². The third-order valence-corrected chi connectivity index (χ3v) is 2.59. The summed E-state index contributed by atoms with van der Waals surface area (Å²) in [7, 11) is 1.29. The molecule has 1 aromatic rings. The molecule has 0 radical (unpaired) electrons. The molecule has 0 N–H and O–H groups in total. The van der Waals surface area contributed by atoms with Gasteiger partial charge in [-0.15, -0.1) is 0 Å². The summed E-state index contributed by atoms with van der Waals surface area (Å²) in [6, 6.07) is 3.37. The van der Waals surface area contributed by atoms with Crippen LogP contribution in [0.1, 0.15) is 11.1 Å². The number of rotatable bonds is 2. The van der Waals surface area contributed by atoms with E-state index in [-0.39, 0.29) is 6.42 Å². The minimum Gasteiger partial charge on any atom is -0.469 e. The maximum absolute atomic E-state index is 13.5. The molecular weight excluding hydrogens is 251 g/mol. The normalized spacial score (nSPS) is 10.0. The molecule has 0 amide bonds. The molecule has 76 valence electrons. The van der Waals surface area contributed by atoms with Crippen LogP contribution in [-0.2, 0) is 16.0 Å². The number of hydrogen-bond acceptors (Lipinski definition) is 2. The van der Waals surface area contributed by atoms with Crippen molar-refractivity contribution in [2.75, 3.05) is 7.11 Å². The van der Waals surface area contributed by atoms with Gasteiger partial charge in [-0.3, -0.25) is 4.79 Å². The average molecular weight is 261 g/mol. The lowest BCUT2D eigenvalue weighted by atomic mass is 10.1. The molecule has 1 aromatic carbocycles. The number of carbonyl (C=O) groups excluding carboxylic acids is 1. The molecule has 0 aliphatic heterocycles. The summed E-state index contributed by atoms with van der Waals surface area (Å²) in [6.45, 7) is 1.76. The Bertz CT molecular complexity index is 363. The number of carbonyl (C=O) groups is 1. The standard InChI is InChI=1S/C10H10BrFO2/c1-6-3-4-8(11)10(12)7(6)5-9(13)14-2/h3-4H,5H2,1-2H3. The number of benzene rings is 1. The number of halogens is 2. The molecule has 0 spiro atoms. The first-order valence-electron chi connectivity index (χ1n) is 4.06. The molecule has 1 rings (SSSR count). The van der Waals surface area contributed by atoms with Crippen molar-refractivity contribution in [2.45, 2.75) is 13.3 Å². The van der Waals surface area contributed by atoms with Crippen molar-refractivity contribution in [1.82, 2.24) is 0 Å². The van der Waals surface area contributed by atoms with E-state index in [1.807, 2.05) is 0 Å². The highest BCUT2D eigenvalue weighted by molar-refractivity contribution is 9.10.